The van der Waals surface area contributed by atoms with Crippen LogP contribution in [0, 0.1) is 6.92 Å². The third-order valence-corrected chi connectivity index (χ3v) is 3.23. The van der Waals surface area contributed by atoms with Gasteiger partial charge in [-0.1, -0.05) is 6.07 Å². The molecule has 2 rings (SSSR count). The maximum Gasteiger partial charge on any atom is 0.255 e. The number of anilines is 2. The first-order valence-electron chi connectivity index (χ1n) is 5.49. The van der Waals surface area contributed by atoms with Crippen molar-refractivity contribution in [2.75, 3.05) is 11.1 Å². The Kier molecular flexibility index (Phi) is 3.67. The summed E-state index contributed by atoms with van der Waals surface area (Å²) < 4.78 is 0.858. The van der Waals surface area contributed by atoms with E-state index in [2.05, 4.69) is 21.2 Å². The highest BCUT2D eigenvalue weighted by Gasteiger charge is 2.08. The van der Waals surface area contributed by atoms with Gasteiger partial charge in [0.05, 0.1) is 5.69 Å². The number of rotatable bonds is 2. The summed E-state index contributed by atoms with van der Waals surface area (Å²) in [6.07, 6.45) is 0. The molecule has 0 aromatic heterocycles. The molecule has 3 N–H and O–H groups in total. The van der Waals surface area contributed by atoms with Gasteiger partial charge in [0.1, 0.15) is 0 Å². The first-order chi connectivity index (χ1) is 8.56. The summed E-state index contributed by atoms with van der Waals surface area (Å²) in [4.78, 5) is 12.0. The minimum atomic E-state index is -0.152. The van der Waals surface area contributed by atoms with E-state index < -0.39 is 0 Å². The molecule has 0 aliphatic heterocycles. The third-order valence-electron chi connectivity index (χ3n) is 2.54. The topological polar surface area (TPSA) is 55.1 Å². The van der Waals surface area contributed by atoms with E-state index in [0.29, 0.717) is 11.3 Å². The minimum Gasteiger partial charge on any atom is -0.399 e. The lowest BCUT2D eigenvalue weighted by atomic mass is 10.2. The van der Waals surface area contributed by atoms with Crippen LogP contribution in [0.4, 0.5) is 11.4 Å². The number of nitrogens with two attached hydrogens (primary N) is 1. The molecule has 18 heavy (non-hydrogen) atoms. The Bertz CT molecular complexity index is 579. The molecule has 92 valence electrons. The fraction of sp³-hybridized carbons (Fsp3) is 0.0714. The number of carbonyl (C=O) groups excluding carboxylic acids is 1. The van der Waals surface area contributed by atoms with Gasteiger partial charge >= 0.3 is 0 Å². The minimum absolute atomic E-state index is 0.152. The van der Waals surface area contributed by atoms with Crippen molar-refractivity contribution in [1.82, 2.24) is 0 Å². The summed E-state index contributed by atoms with van der Waals surface area (Å²) in [5, 5.41) is 2.86. The van der Waals surface area contributed by atoms with Gasteiger partial charge in [-0.3, -0.25) is 4.79 Å². The zero-order valence-electron chi connectivity index (χ0n) is 9.91. The number of nitrogens with one attached hydrogen (secondary N) is 1. The molecule has 0 spiro atoms. The fourth-order valence-corrected chi connectivity index (χ4v) is 1.91. The van der Waals surface area contributed by atoms with Crippen molar-refractivity contribution in [1.29, 1.82) is 0 Å². The van der Waals surface area contributed by atoms with Crippen LogP contribution in [0.15, 0.2) is 46.9 Å². The third kappa shape index (κ3) is 2.90. The molecule has 0 aliphatic carbocycles. The van der Waals surface area contributed by atoms with E-state index in [1.165, 1.54) is 0 Å². The van der Waals surface area contributed by atoms with Crippen molar-refractivity contribution >= 4 is 33.2 Å². The zero-order valence-corrected chi connectivity index (χ0v) is 11.5. The lowest BCUT2D eigenvalue weighted by Gasteiger charge is -2.08. The van der Waals surface area contributed by atoms with Crippen molar-refractivity contribution < 1.29 is 4.79 Å². The van der Waals surface area contributed by atoms with Gasteiger partial charge in [0, 0.05) is 15.7 Å². The van der Waals surface area contributed by atoms with Gasteiger partial charge < -0.3 is 11.1 Å². The molecule has 0 heterocycles. The highest BCUT2D eigenvalue weighted by molar-refractivity contribution is 9.10. The number of amides is 1. The first-order valence-corrected chi connectivity index (χ1v) is 6.28. The molecule has 3 nitrogen and oxygen atoms in total. The average Bonchev–Trinajstić information content (AvgIpc) is 2.34. The van der Waals surface area contributed by atoms with Crippen LogP contribution in [0.2, 0.25) is 0 Å². The molecule has 1 amide bonds. The van der Waals surface area contributed by atoms with Gasteiger partial charge in [0.2, 0.25) is 0 Å². The molecule has 0 unspecified atom stereocenters. The standard InChI is InChI=1S/C14H13BrN2O/c1-9-2-7-12(15)13(8-9)17-14(18)10-3-5-11(16)6-4-10/h2-8H,16H2,1H3,(H,17,18). The van der Waals surface area contributed by atoms with E-state index in [-0.39, 0.29) is 5.91 Å². The van der Waals surface area contributed by atoms with Crippen molar-refractivity contribution in [3.8, 4) is 0 Å². The molecule has 2 aromatic rings. The van der Waals surface area contributed by atoms with Crippen LogP contribution in [-0.2, 0) is 0 Å². The first kappa shape index (κ1) is 12.6. The Morgan fingerprint density at radius 1 is 1.17 bits per heavy atom. The number of carbonyl (C=O) groups is 1. The molecule has 0 bridgehead atoms. The normalized spacial score (nSPS) is 10.1. The number of benzene rings is 2. The molecule has 0 atom stereocenters. The molecular weight excluding hydrogens is 292 g/mol. The summed E-state index contributed by atoms with van der Waals surface area (Å²) in [6.45, 7) is 1.98. The van der Waals surface area contributed by atoms with Gasteiger partial charge in [-0.25, -0.2) is 0 Å². The van der Waals surface area contributed by atoms with E-state index in [1.807, 2.05) is 25.1 Å². The van der Waals surface area contributed by atoms with Crippen LogP contribution in [0.1, 0.15) is 15.9 Å². The summed E-state index contributed by atoms with van der Waals surface area (Å²) >= 11 is 3.41. The summed E-state index contributed by atoms with van der Waals surface area (Å²) in [5.41, 5.74) is 8.66. The fourth-order valence-electron chi connectivity index (χ4n) is 1.56. The predicted molar refractivity (Wildman–Crippen MR) is 77.7 cm³/mol. The van der Waals surface area contributed by atoms with Crippen LogP contribution in [-0.4, -0.2) is 5.91 Å². The lowest BCUT2D eigenvalue weighted by Crippen LogP contribution is -2.12. The van der Waals surface area contributed by atoms with Crippen LogP contribution in [0.3, 0.4) is 0 Å². The maximum atomic E-state index is 12.0. The highest BCUT2D eigenvalue weighted by Crippen LogP contribution is 2.24. The van der Waals surface area contributed by atoms with E-state index in [9.17, 15) is 4.79 Å². The van der Waals surface area contributed by atoms with Crippen molar-refractivity contribution in [3.05, 3.63) is 58.1 Å². The quantitative estimate of drug-likeness (QED) is 0.833. The largest absolute Gasteiger partial charge is 0.399 e. The highest BCUT2D eigenvalue weighted by atomic mass is 79.9. The number of halogens is 1. The van der Waals surface area contributed by atoms with Crippen LogP contribution in [0.5, 0.6) is 0 Å². The van der Waals surface area contributed by atoms with Gasteiger partial charge in [-0.15, -0.1) is 0 Å². The molecular formula is C14H13BrN2O. The van der Waals surface area contributed by atoms with Gasteiger partial charge in [-0.2, -0.15) is 0 Å². The van der Waals surface area contributed by atoms with E-state index in [0.717, 1.165) is 15.7 Å². The Hall–Kier alpha value is -1.81. The maximum absolute atomic E-state index is 12.0. The Labute approximate surface area is 114 Å². The smallest absolute Gasteiger partial charge is 0.255 e. The van der Waals surface area contributed by atoms with Gasteiger partial charge in [0.15, 0.2) is 0 Å². The van der Waals surface area contributed by atoms with Crippen LogP contribution < -0.4 is 11.1 Å². The Balaban J connectivity index is 2.21. The molecule has 0 aliphatic rings. The SMILES string of the molecule is Cc1ccc(Br)c(NC(=O)c2ccc(N)cc2)c1. The average molecular weight is 305 g/mol. The second-order valence-electron chi connectivity index (χ2n) is 4.06. The number of nitrogen functional groups attached to an aromatic ring is 1. The van der Waals surface area contributed by atoms with Gasteiger partial charge in [0.25, 0.3) is 5.91 Å². The summed E-state index contributed by atoms with van der Waals surface area (Å²) in [6, 6.07) is 12.6. The van der Waals surface area contributed by atoms with E-state index in [4.69, 9.17) is 5.73 Å². The summed E-state index contributed by atoms with van der Waals surface area (Å²) in [5.74, 6) is -0.152. The number of hydrogen-bond donors (Lipinski definition) is 2. The molecule has 0 saturated carbocycles. The lowest BCUT2D eigenvalue weighted by molar-refractivity contribution is 0.102. The molecule has 2 aromatic carbocycles. The number of hydrogen-bond acceptors (Lipinski definition) is 2. The molecule has 0 saturated heterocycles. The van der Waals surface area contributed by atoms with Crippen molar-refractivity contribution in [2.24, 2.45) is 0 Å². The summed E-state index contributed by atoms with van der Waals surface area (Å²) in [7, 11) is 0. The Morgan fingerprint density at radius 2 is 1.83 bits per heavy atom. The molecule has 0 radical (unpaired) electrons. The van der Waals surface area contributed by atoms with Crippen LogP contribution in [0.25, 0.3) is 0 Å². The molecule has 4 heteroatoms. The van der Waals surface area contributed by atoms with Crippen LogP contribution >= 0.6 is 15.9 Å². The Morgan fingerprint density at radius 3 is 2.50 bits per heavy atom. The zero-order chi connectivity index (χ0) is 13.1. The van der Waals surface area contributed by atoms with E-state index in [1.54, 1.807) is 24.3 Å². The van der Waals surface area contributed by atoms with E-state index >= 15 is 0 Å². The van der Waals surface area contributed by atoms with Crippen molar-refractivity contribution in [2.45, 2.75) is 6.92 Å². The number of aryl methyl sites for hydroxylation is 1. The second-order valence-corrected chi connectivity index (χ2v) is 4.91. The van der Waals surface area contributed by atoms with Gasteiger partial charge in [-0.05, 0) is 64.8 Å². The van der Waals surface area contributed by atoms with Crippen molar-refractivity contribution in [3.63, 3.8) is 0 Å². The second kappa shape index (κ2) is 5.23. The molecule has 0 fully saturated rings. The predicted octanol–water partition coefficient (Wildman–Crippen LogP) is 3.59. The monoisotopic (exact) mass is 304 g/mol.